The summed E-state index contributed by atoms with van der Waals surface area (Å²) in [5.74, 6) is 0.960. The van der Waals surface area contributed by atoms with E-state index in [2.05, 4.69) is 29.4 Å². The lowest BCUT2D eigenvalue weighted by atomic mass is 9.90. The van der Waals surface area contributed by atoms with Crippen molar-refractivity contribution in [2.24, 2.45) is 11.8 Å². The van der Waals surface area contributed by atoms with Crippen LogP contribution in [0.15, 0.2) is 4.90 Å². The minimum Gasteiger partial charge on any atom is -0.314 e. The highest BCUT2D eigenvalue weighted by Crippen LogP contribution is 2.29. The first-order valence-corrected chi connectivity index (χ1v) is 8.50. The van der Waals surface area contributed by atoms with Crippen molar-refractivity contribution in [2.45, 2.75) is 38.6 Å². The van der Waals surface area contributed by atoms with Crippen molar-refractivity contribution in [3.8, 4) is 0 Å². The number of piperidine rings is 1. The number of sulfonamides is 1. The van der Waals surface area contributed by atoms with E-state index in [1.165, 1.54) is 0 Å². The Morgan fingerprint density at radius 3 is 2.70 bits per heavy atom. The number of hydrogen-bond acceptors (Lipinski definition) is 4. The first-order chi connectivity index (χ1) is 9.37. The Kier molecular flexibility index (Phi) is 4.51. The van der Waals surface area contributed by atoms with Crippen LogP contribution in [0.25, 0.3) is 0 Å². The maximum absolute atomic E-state index is 12.9. The Balaban J connectivity index is 2.33. The second-order valence-electron chi connectivity index (χ2n) is 5.76. The van der Waals surface area contributed by atoms with E-state index >= 15 is 0 Å². The summed E-state index contributed by atoms with van der Waals surface area (Å²) in [5, 5.41) is 9.86. The number of H-pyrrole nitrogens is 1. The van der Waals surface area contributed by atoms with Crippen molar-refractivity contribution >= 4 is 10.0 Å². The van der Waals surface area contributed by atoms with Gasteiger partial charge in [-0.25, -0.2) is 8.42 Å². The fourth-order valence-electron chi connectivity index (χ4n) is 2.67. The monoisotopic (exact) mass is 300 g/mol. The SMILES string of the molecule is CNCc1n[nH]c(C)c1S(=O)(=O)N1CCC(C)C(C)C1. The van der Waals surface area contributed by atoms with Crippen LogP contribution in [-0.4, -0.2) is 43.1 Å². The molecule has 20 heavy (non-hydrogen) atoms. The normalized spacial score (nSPS) is 25.0. The fraction of sp³-hybridized carbons (Fsp3) is 0.769. The third kappa shape index (κ3) is 2.75. The van der Waals surface area contributed by atoms with E-state index in [-0.39, 0.29) is 0 Å². The van der Waals surface area contributed by atoms with Gasteiger partial charge in [0.05, 0.1) is 11.4 Å². The van der Waals surface area contributed by atoms with Gasteiger partial charge in [-0.1, -0.05) is 13.8 Å². The van der Waals surface area contributed by atoms with Crippen molar-refractivity contribution in [1.82, 2.24) is 19.8 Å². The molecule has 1 saturated heterocycles. The van der Waals surface area contributed by atoms with E-state index in [4.69, 9.17) is 0 Å². The molecular formula is C13H24N4O2S. The van der Waals surface area contributed by atoms with Crippen LogP contribution < -0.4 is 5.32 Å². The minimum absolute atomic E-state index is 0.341. The van der Waals surface area contributed by atoms with E-state index in [9.17, 15) is 8.42 Å². The van der Waals surface area contributed by atoms with Gasteiger partial charge in [0.2, 0.25) is 10.0 Å². The largest absolute Gasteiger partial charge is 0.314 e. The maximum atomic E-state index is 12.9. The van der Waals surface area contributed by atoms with Gasteiger partial charge in [-0.15, -0.1) is 0 Å². The summed E-state index contributed by atoms with van der Waals surface area (Å²) in [7, 11) is -1.68. The van der Waals surface area contributed by atoms with E-state index in [1.807, 2.05) is 0 Å². The molecule has 2 heterocycles. The molecule has 2 rings (SSSR count). The number of aryl methyl sites for hydroxylation is 1. The highest BCUT2D eigenvalue weighted by molar-refractivity contribution is 7.89. The molecule has 2 N–H and O–H groups in total. The fourth-order valence-corrected chi connectivity index (χ4v) is 4.55. The molecule has 6 nitrogen and oxygen atoms in total. The molecule has 0 bridgehead atoms. The van der Waals surface area contributed by atoms with Crippen LogP contribution in [-0.2, 0) is 16.6 Å². The lowest BCUT2D eigenvalue weighted by molar-refractivity contribution is 0.212. The summed E-state index contributed by atoms with van der Waals surface area (Å²) < 4.78 is 27.3. The minimum atomic E-state index is -3.46. The number of nitrogens with one attached hydrogen (secondary N) is 2. The number of aromatic amines is 1. The van der Waals surface area contributed by atoms with Gasteiger partial charge in [-0.05, 0) is 32.2 Å². The topological polar surface area (TPSA) is 78.1 Å². The predicted molar refractivity (Wildman–Crippen MR) is 77.8 cm³/mol. The zero-order valence-corrected chi connectivity index (χ0v) is 13.4. The summed E-state index contributed by atoms with van der Waals surface area (Å²) >= 11 is 0. The van der Waals surface area contributed by atoms with E-state index in [0.29, 0.717) is 47.8 Å². The molecule has 1 aromatic heterocycles. The van der Waals surface area contributed by atoms with Crippen molar-refractivity contribution in [3.05, 3.63) is 11.4 Å². The smallest absolute Gasteiger partial charge is 0.246 e. The molecule has 1 aromatic rings. The lowest BCUT2D eigenvalue weighted by Gasteiger charge is -2.34. The molecule has 0 radical (unpaired) electrons. The maximum Gasteiger partial charge on any atom is 0.246 e. The second-order valence-corrected chi connectivity index (χ2v) is 7.64. The molecule has 0 spiro atoms. The summed E-state index contributed by atoms with van der Waals surface area (Å²) in [6.07, 6.45) is 0.915. The van der Waals surface area contributed by atoms with Crippen LogP contribution in [0.1, 0.15) is 31.7 Å². The first-order valence-electron chi connectivity index (χ1n) is 7.06. The summed E-state index contributed by atoms with van der Waals surface area (Å²) in [4.78, 5) is 0.341. The number of rotatable bonds is 4. The van der Waals surface area contributed by atoms with Crippen molar-refractivity contribution in [2.75, 3.05) is 20.1 Å². The molecular weight excluding hydrogens is 276 g/mol. The lowest BCUT2D eigenvalue weighted by Crippen LogP contribution is -2.42. The van der Waals surface area contributed by atoms with Crippen LogP contribution in [0.2, 0.25) is 0 Å². The molecule has 0 aromatic carbocycles. The van der Waals surface area contributed by atoms with Crippen LogP contribution >= 0.6 is 0 Å². The Morgan fingerprint density at radius 1 is 1.40 bits per heavy atom. The quantitative estimate of drug-likeness (QED) is 0.873. The molecule has 0 saturated carbocycles. The second kappa shape index (κ2) is 5.83. The van der Waals surface area contributed by atoms with Gasteiger partial charge in [0.15, 0.2) is 0 Å². The molecule has 1 aliphatic rings. The van der Waals surface area contributed by atoms with Gasteiger partial charge >= 0.3 is 0 Å². The van der Waals surface area contributed by atoms with Crippen LogP contribution in [0.5, 0.6) is 0 Å². The highest BCUT2D eigenvalue weighted by atomic mass is 32.2. The van der Waals surface area contributed by atoms with Gasteiger partial charge in [0, 0.05) is 19.6 Å². The standard InChI is InChI=1S/C13H24N4O2S/c1-9-5-6-17(8-10(9)2)20(18,19)13-11(3)15-16-12(13)7-14-4/h9-10,14H,5-8H2,1-4H3,(H,15,16). The van der Waals surface area contributed by atoms with Crippen LogP contribution in [0.3, 0.4) is 0 Å². The molecule has 0 amide bonds. The molecule has 114 valence electrons. The molecule has 1 fully saturated rings. The van der Waals surface area contributed by atoms with Gasteiger partial charge in [0.25, 0.3) is 0 Å². The van der Waals surface area contributed by atoms with Gasteiger partial charge in [0.1, 0.15) is 4.90 Å². The van der Waals surface area contributed by atoms with Crippen molar-refractivity contribution in [3.63, 3.8) is 0 Å². The Hall–Kier alpha value is -0.920. The van der Waals surface area contributed by atoms with E-state index in [1.54, 1.807) is 18.3 Å². The molecule has 7 heteroatoms. The predicted octanol–water partition coefficient (Wildman–Crippen LogP) is 1.10. The molecule has 1 aliphatic heterocycles. The average molecular weight is 300 g/mol. The molecule has 0 aliphatic carbocycles. The first kappa shape index (κ1) is 15.5. The molecule has 2 atom stereocenters. The van der Waals surface area contributed by atoms with Crippen LogP contribution in [0.4, 0.5) is 0 Å². The third-order valence-electron chi connectivity index (χ3n) is 4.20. The van der Waals surface area contributed by atoms with Crippen LogP contribution in [0, 0.1) is 18.8 Å². The van der Waals surface area contributed by atoms with Crippen molar-refractivity contribution in [1.29, 1.82) is 0 Å². The van der Waals surface area contributed by atoms with E-state index < -0.39 is 10.0 Å². The Bertz CT molecular complexity index is 567. The van der Waals surface area contributed by atoms with Gasteiger partial charge < -0.3 is 5.32 Å². The number of hydrogen-bond donors (Lipinski definition) is 2. The Labute approximate surface area is 121 Å². The average Bonchev–Trinajstić information content (AvgIpc) is 2.75. The Morgan fingerprint density at radius 2 is 2.10 bits per heavy atom. The van der Waals surface area contributed by atoms with Crippen molar-refractivity contribution < 1.29 is 8.42 Å². The molecule has 2 unspecified atom stereocenters. The summed E-state index contributed by atoms with van der Waals surface area (Å²) in [5.41, 5.74) is 1.18. The highest BCUT2D eigenvalue weighted by Gasteiger charge is 2.35. The van der Waals surface area contributed by atoms with Gasteiger partial charge in [-0.3, -0.25) is 5.10 Å². The van der Waals surface area contributed by atoms with E-state index in [0.717, 1.165) is 6.42 Å². The number of aromatic nitrogens is 2. The summed E-state index contributed by atoms with van der Waals surface area (Å²) in [6.45, 7) is 7.69. The number of nitrogens with zero attached hydrogens (tertiary/aromatic N) is 2. The zero-order chi connectivity index (χ0) is 14.9. The third-order valence-corrected chi connectivity index (χ3v) is 6.27. The summed E-state index contributed by atoms with van der Waals surface area (Å²) in [6, 6.07) is 0. The zero-order valence-electron chi connectivity index (χ0n) is 12.6. The van der Waals surface area contributed by atoms with Gasteiger partial charge in [-0.2, -0.15) is 9.40 Å².